The lowest BCUT2D eigenvalue weighted by Crippen LogP contribution is -2.06. The minimum absolute atomic E-state index is 0.457. The van der Waals surface area contributed by atoms with Crippen LogP contribution in [0.1, 0.15) is 12.0 Å². The molecule has 148 valence electrons. The normalized spacial score (nSPS) is 15.0. The zero-order chi connectivity index (χ0) is 20.2. The van der Waals surface area contributed by atoms with Crippen LogP contribution in [-0.2, 0) is 4.74 Å². The van der Waals surface area contributed by atoms with Gasteiger partial charge < -0.3 is 18.9 Å². The van der Waals surface area contributed by atoms with Gasteiger partial charge >= 0.3 is 0 Å². The van der Waals surface area contributed by atoms with E-state index in [0.717, 1.165) is 44.3 Å². The fourth-order valence-corrected chi connectivity index (χ4v) is 3.89. The number of fused-ring (bicyclic) bond motifs is 1. The van der Waals surface area contributed by atoms with Gasteiger partial charge in [-0.2, -0.15) is 0 Å². The molecule has 1 aliphatic heterocycles. The number of nitrogens with zero attached hydrogens (tertiary/aromatic N) is 1. The third-order valence-electron chi connectivity index (χ3n) is 4.71. The molecule has 3 aromatic rings. The maximum Gasteiger partial charge on any atom is 0.175 e. The van der Waals surface area contributed by atoms with Crippen molar-refractivity contribution in [1.82, 2.24) is 4.98 Å². The van der Waals surface area contributed by atoms with E-state index in [1.807, 2.05) is 48.7 Å². The molecule has 29 heavy (non-hydrogen) atoms. The van der Waals surface area contributed by atoms with E-state index in [-0.39, 0.29) is 0 Å². The minimum atomic E-state index is 0.457. The molecule has 0 bridgehead atoms. The van der Waals surface area contributed by atoms with Crippen LogP contribution in [0, 0.1) is 0 Å². The van der Waals surface area contributed by atoms with Crippen LogP contribution < -0.4 is 14.2 Å². The molecule has 0 unspecified atom stereocenters. The molecule has 1 aliphatic rings. The molecular formula is C23H20BrNO4. The molecule has 2 aromatic carbocycles. The summed E-state index contributed by atoms with van der Waals surface area (Å²) >= 11 is 3.60. The summed E-state index contributed by atoms with van der Waals surface area (Å²) in [4.78, 5) is 4.15. The first-order valence-corrected chi connectivity index (χ1v) is 9.91. The van der Waals surface area contributed by atoms with E-state index in [2.05, 4.69) is 20.9 Å². The van der Waals surface area contributed by atoms with E-state index >= 15 is 0 Å². The van der Waals surface area contributed by atoms with E-state index in [9.17, 15) is 0 Å². The number of benzene rings is 2. The highest BCUT2D eigenvalue weighted by molar-refractivity contribution is 9.10. The van der Waals surface area contributed by atoms with Gasteiger partial charge in [-0.25, -0.2) is 0 Å². The molecule has 0 saturated carbocycles. The predicted molar refractivity (Wildman–Crippen MR) is 116 cm³/mol. The van der Waals surface area contributed by atoms with E-state index in [4.69, 9.17) is 18.9 Å². The minimum Gasteiger partial charge on any atom is -0.493 e. The molecular weight excluding hydrogens is 434 g/mol. The van der Waals surface area contributed by atoms with Gasteiger partial charge in [0.1, 0.15) is 18.1 Å². The van der Waals surface area contributed by atoms with Crippen LogP contribution in [0.2, 0.25) is 0 Å². The molecule has 4 rings (SSSR count). The second kappa shape index (κ2) is 8.57. The highest BCUT2D eigenvalue weighted by Crippen LogP contribution is 2.41. The fraction of sp³-hybridized carbons (Fsp3) is 0.174. The van der Waals surface area contributed by atoms with Gasteiger partial charge in [0.15, 0.2) is 11.5 Å². The first-order valence-electron chi connectivity index (χ1n) is 9.12. The number of pyridine rings is 1. The van der Waals surface area contributed by atoms with Gasteiger partial charge in [-0.15, -0.1) is 0 Å². The monoisotopic (exact) mass is 453 g/mol. The van der Waals surface area contributed by atoms with E-state index in [0.29, 0.717) is 18.1 Å². The van der Waals surface area contributed by atoms with Crippen LogP contribution in [0.25, 0.3) is 16.5 Å². The van der Waals surface area contributed by atoms with Crippen molar-refractivity contribution in [2.75, 3.05) is 20.8 Å². The van der Waals surface area contributed by atoms with Crippen molar-refractivity contribution in [3.8, 4) is 17.2 Å². The Kier molecular flexibility index (Phi) is 5.71. The maximum atomic E-state index is 5.98. The Balaban J connectivity index is 1.53. The second-order valence-electron chi connectivity index (χ2n) is 6.47. The van der Waals surface area contributed by atoms with Crippen molar-refractivity contribution < 1.29 is 18.9 Å². The summed E-state index contributed by atoms with van der Waals surface area (Å²) in [5.41, 5.74) is 1.97. The van der Waals surface area contributed by atoms with Crippen LogP contribution in [0.3, 0.4) is 0 Å². The molecule has 2 heterocycles. The number of ether oxygens (including phenoxy) is 4. The number of aromatic nitrogens is 1. The van der Waals surface area contributed by atoms with Crippen LogP contribution in [-0.4, -0.2) is 25.8 Å². The van der Waals surface area contributed by atoms with Crippen molar-refractivity contribution in [2.24, 2.45) is 0 Å². The SMILES string of the molecule is COc1ccc(C2=CCC(=COc3cccc4cnccc34)CO2)c(Br)c1OC. The Hall–Kier alpha value is -2.99. The molecule has 6 heteroatoms. The van der Waals surface area contributed by atoms with Gasteiger partial charge in [0.2, 0.25) is 0 Å². The van der Waals surface area contributed by atoms with Crippen LogP contribution >= 0.6 is 15.9 Å². The topological polar surface area (TPSA) is 49.8 Å². The highest BCUT2D eigenvalue weighted by atomic mass is 79.9. The zero-order valence-corrected chi connectivity index (χ0v) is 17.7. The van der Waals surface area contributed by atoms with Crippen molar-refractivity contribution in [3.63, 3.8) is 0 Å². The lowest BCUT2D eigenvalue weighted by atomic mass is 10.1. The largest absolute Gasteiger partial charge is 0.493 e. The number of hydrogen-bond donors (Lipinski definition) is 0. The summed E-state index contributed by atoms with van der Waals surface area (Å²) in [6.07, 6.45) is 8.14. The average molecular weight is 454 g/mol. The summed E-state index contributed by atoms with van der Waals surface area (Å²) in [5, 5.41) is 2.07. The van der Waals surface area contributed by atoms with Crippen molar-refractivity contribution >= 4 is 32.5 Å². The first-order chi connectivity index (χ1) is 14.2. The lowest BCUT2D eigenvalue weighted by Gasteiger charge is -2.20. The molecule has 0 radical (unpaired) electrons. The Labute approximate surface area is 177 Å². The van der Waals surface area contributed by atoms with Crippen LogP contribution in [0.5, 0.6) is 17.2 Å². The first kappa shape index (κ1) is 19.3. The van der Waals surface area contributed by atoms with Crippen molar-refractivity contribution in [1.29, 1.82) is 0 Å². The van der Waals surface area contributed by atoms with Gasteiger partial charge in [-0.3, -0.25) is 4.98 Å². The second-order valence-corrected chi connectivity index (χ2v) is 7.26. The van der Waals surface area contributed by atoms with E-state index < -0.39 is 0 Å². The quantitative estimate of drug-likeness (QED) is 0.461. The smallest absolute Gasteiger partial charge is 0.175 e. The Bertz CT molecular complexity index is 1100. The summed E-state index contributed by atoms with van der Waals surface area (Å²) in [6.45, 7) is 0.457. The molecule has 0 fully saturated rings. The zero-order valence-electron chi connectivity index (χ0n) is 16.1. The Morgan fingerprint density at radius 1 is 1.07 bits per heavy atom. The summed E-state index contributed by atoms with van der Waals surface area (Å²) in [6, 6.07) is 11.7. The van der Waals surface area contributed by atoms with Gasteiger partial charge in [-0.1, -0.05) is 12.1 Å². The summed E-state index contributed by atoms with van der Waals surface area (Å²) in [5.74, 6) is 2.91. The van der Waals surface area contributed by atoms with Crippen molar-refractivity contribution in [3.05, 3.63) is 76.7 Å². The molecule has 0 amide bonds. The third-order valence-corrected chi connectivity index (χ3v) is 5.49. The Morgan fingerprint density at radius 2 is 1.97 bits per heavy atom. The number of methoxy groups -OCH3 is 2. The number of allylic oxidation sites excluding steroid dienone is 1. The molecule has 0 saturated heterocycles. The van der Waals surface area contributed by atoms with E-state index in [1.54, 1.807) is 26.7 Å². The van der Waals surface area contributed by atoms with Crippen LogP contribution in [0.15, 0.2) is 71.2 Å². The summed E-state index contributed by atoms with van der Waals surface area (Å²) in [7, 11) is 3.23. The van der Waals surface area contributed by atoms with Gasteiger partial charge in [-0.05, 0) is 52.7 Å². The fourth-order valence-electron chi connectivity index (χ4n) is 3.20. The molecule has 0 atom stereocenters. The molecule has 0 spiro atoms. The summed E-state index contributed by atoms with van der Waals surface area (Å²) < 4.78 is 23.5. The van der Waals surface area contributed by atoms with Gasteiger partial charge in [0.05, 0.1) is 25.0 Å². The average Bonchev–Trinajstić information content (AvgIpc) is 2.77. The maximum absolute atomic E-state index is 5.98. The standard InChI is InChI=1S/C23H20BrNO4/c1-26-21-9-7-18(22(24)23(21)27-2)20-8-6-15(14-29-20)13-28-19-5-3-4-16-12-25-11-10-17(16)19/h3-5,7-13H,6,14H2,1-2H3. The van der Waals surface area contributed by atoms with Crippen LogP contribution in [0.4, 0.5) is 0 Å². The van der Waals surface area contributed by atoms with Crippen molar-refractivity contribution in [2.45, 2.75) is 6.42 Å². The third kappa shape index (κ3) is 3.93. The predicted octanol–water partition coefficient (Wildman–Crippen LogP) is 5.74. The molecule has 1 aromatic heterocycles. The Morgan fingerprint density at radius 3 is 2.72 bits per heavy atom. The van der Waals surface area contributed by atoms with Gasteiger partial charge in [0, 0.05) is 34.3 Å². The number of rotatable bonds is 5. The lowest BCUT2D eigenvalue weighted by molar-refractivity contribution is 0.291. The molecule has 0 N–H and O–H groups in total. The highest BCUT2D eigenvalue weighted by Gasteiger charge is 2.19. The number of halogens is 1. The van der Waals surface area contributed by atoms with E-state index in [1.165, 1.54) is 0 Å². The van der Waals surface area contributed by atoms with Gasteiger partial charge in [0.25, 0.3) is 0 Å². The molecule has 5 nitrogen and oxygen atoms in total. The molecule has 0 aliphatic carbocycles. The number of hydrogen-bond acceptors (Lipinski definition) is 5.